The molecule has 1 radical (unpaired) electrons. The molecule has 0 aromatic rings. The van der Waals surface area contributed by atoms with E-state index in [1.807, 2.05) is 6.54 Å². The topological polar surface area (TPSA) is 76.7 Å². The van der Waals surface area contributed by atoms with Gasteiger partial charge in [-0.1, -0.05) is 0 Å². The minimum Gasteiger partial charge on any atom is -0.449 e. The fourth-order valence-electron chi connectivity index (χ4n) is 0.823. The number of hydrogen-bond donors (Lipinski definition) is 2. The van der Waals surface area contributed by atoms with Crippen LogP contribution >= 0.6 is 11.8 Å². The Bertz CT molecular complexity index is 208. The van der Waals surface area contributed by atoms with Gasteiger partial charge in [-0.25, -0.2) is 4.79 Å². The molecule has 6 heteroatoms. The van der Waals surface area contributed by atoms with Gasteiger partial charge in [-0.15, -0.1) is 0 Å². The molecule has 13 heavy (non-hydrogen) atoms. The van der Waals surface area contributed by atoms with Crippen molar-refractivity contribution in [3.05, 3.63) is 6.54 Å². The van der Waals surface area contributed by atoms with Crippen LogP contribution in [0.15, 0.2) is 4.99 Å². The molecule has 0 fully saturated rings. The van der Waals surface area contributed by atoms with E-state index in [2.05, 4.69) is 15.0 Å². The molecular weight excluding hydrogens is 190 g/mol. The summed E-state index contributed by atoms with van der Waals surface area (Å²) in [5.74, 6) is 2.53. The second-order valence-electron chi connectivity index (χ2n) is 2.36. The van der Waals surface area contributed by atoms with Gasteiger partial charge in [0, 0.05) is 12.3 Å². The number of nitrogens with zero attached hydrogens (tertiary/aromatic N) is 1. The first-order valence-electron chi connectivity index (χ1n) is 3.91. The van der Waals surface area contributed by atoms with Crippen LogP contribution in [0.5, 0.6) is 0 Å². The summed E-state index contributed by atoms with van der Waals surface area (Å²) in [5, 5.41) is 3.10. The number of amides is 1. The van der Waals surface area contributed by atoms with Gasteiger partial charge in [-0.2, -0.15) is 11.8 Å². The molecule has 3 N–H and O–H groups in total. The Morgan fingerprint density at radius 3 is 3.31 bits per heavy atom. The molecule has 1 amide bonds. The molecule has 0 aliphatic carbocycles. The largest absolute Gasteiger partial charge is 0.449 e. The maximum Gasteiger partial charge on any atom is 0.404 e. The Morgan fingerprint density at radius 1 is 1.85 bits per heavy atom. The van der Waals surface area contributed by atoms with Crippen molar-refractivity contribution in [1.29, 1.82) is 0 Å². The molecule has 0 unspecified atom stereocenters. The summed E-state index contributed by atoms with van der Waals surface area (Å²) in [6.45, 7) is 3.00. The summed E-state index contributed by atoms with van der Waals surface area (Å²) in [5.41, 5.74) is 4.79. The minimum absolute atomic E-state index is 0.358. The highest BCUT2D eigenvalue weighted by Gasteiger charge is 2.04. The van der Waals surface area contributed by atoms with Crippen LogP contribution in [0.1, 0.15) is 0 Å². The highest BCUT2D eigenvalue weighted by Crippen LogP contribution is 2.02. The lowest BCUT2D eigenvalue weighted by atomic mass is 10.7. The Balaban J connectivity index is 1.92. The third kappa shape index (κ3) is 4.62. The Hall–Kier alpha value is -0.910. The SMILES string of the molecule is NC(=O)OCCSCC1=N[CH]CN1. The first kappa shape index (κ1) is 10.2. The maximum atomic E-state index is 10.2. The second-order valence-corrected chi connectivity index (χ2v) is 3.46. The van der Waals surface area contributed by atoms with Gasteiger partial charge < -0.3 is 15.8 Å². The molecule has 0 bridgehead atoms. The number of nitrogens with one attached hydrogen (secondary N) is 1. The number of thioether (sulfide) groups is 1. The first-order valence-corrected chi connectivity index (χ1v) is 5.06. The number of ether oxygens (including phenoxy) is 1. The highest BCUT2D eigenvalue weighted by molar-refractivity contribution is 7.99. The van der Waals surface area contributed by atoms with Crippen molar-refractivity contribution in [2.45, 2.75) is 0 Å². The molecule has 1 aliphatic heterocycles. The zero-order valence-electron chi connectivity index (χ0n) is 7.16. The van der Waals surface area contributed by atoms with Gasteiger partial charge in [0.25, 0.3) is 0 Å². The number of carbonyl (C=O) groups excluding carboxylic acids is 1. The van der Waals surface area contributed by atoms with Gasteiger partial charge in [-0.3, -0.25) is 4.99 Å². The average Bonchev–Trinajstić information content (AvgIpc) is 2.55. The second kappa shape index (κ2) is 5.69. The van der Waals surface area contributed by atoms with E-state index in [1.165, 1.54) is 0 Å². The van der Waals surface area contributed by atoms with Crippen LogP contribution in [-0.4, -0.2) is 36.6 Å². The van der Waals surface area contributed by atoms with E-state index in [9.17, 15) is 4.79 Å². The number of amidine groups is 1. The summed E-state index contributed by atoms with van der Waals surface area (Å²) in [4.78, 5) is 14.3. The van der Waals surface area contributed by atoms with Crippen LogP contribution in [0.2, 0.25) is 0 Å². The minimum atomic E-state index is -0.717. The summed E-state index contributed by atoms with van der Waals surface area (Å²) >= 11 is 1.65. The van der Waals surface area contributed by atoms with Crippen molar-refractivity contribution in [3.63, 3.8) is 0 Å². The number of rotatable bonds is 5. The molecule has 0 spiro atoms. The van der Waals surface area contributed by atoms with Crippen molar-refractivity contribution in [1.82, 2.24) is 5.32 Å². The predicted octanol–water partition coefficient (Wildman–Crippen LogP) is -0.0216. The Labute approximate surface area is 81.1 Å². The van der Waals surface area contributed by atoms with Crippen LogP contribution in [0, 0.1) is 6.54 Å². The predicted molar refractivity (Wildman–Crippen MR) is 52.6 cm³/mol. The zero-order chi connectivity index (χ0) is 9.52. The molecular formula is C7H12N3O2S. The summed E-state index contributed by atoms with van der Waals surface area (Å²) in [7, 11) is 0. The van der Waals surface area contributed by atoms with Gasteiger partial charge in [0.2, 0.25) is 0 Å². The fourth-order valence-corrected chi connectivity index (χ4v) is 1.54. The molecule has 0 aromatic heterocycles. The average molecular weight is 202 g/mol. The molecule has 5 nitrogen and oxygen atoms in total. The standard InChI is InChI=1S/C7H12N3O2S/c8-7(11)12-3-4-13-5-6-9-1-2-10-6/h1H,2-5H2,(H2,8,11)(H,9,10). The van der Waals surface area contributed by atoms with Gasteiger partial charge in [0.1, 0.15) is 12.4 Å². The first-order chi connectivity index (χ1) is 6.29. The van der Waals surface area contributed by atoms with Crippen molar-refractivity contribution in [3.8, 4) is 0 Å². The molecule has 0 aromatic carbocycles. The van der Waals surface area contributed by atoms with Crippen LogP contribution in [0.3, 0.4) is 0 Å². The van der Waals surface area contributed by atoms with E-state index in [4.69, 9.17) is 5.73 Å². The van der Waals surface area contributed by atoms with Gasteiger partial charge in [0.15, 0.2) is 0 Å². The van der Waals surface area contributed by atoms with Crippen LogP contribution in [-0.2, 0) is 4.74 Å². The van der Waals surface area contributed by atoms with E-state index in [0.29, 0.717) is 6.61 Å². The van der Waals surface area contributed by atoms with Crippen LogP contribution < -0.4 is 11.1 Å². The van der Waals surface area contributed by atoms with Gasteiger partial charge in [0.05, 0.1) is 12.3 Å². The number of aliphatic imine (C=N–C) groups is 1. The quantitative estimate of drug-likeness (QED) is 0.614. The number of primary amides is 1. The fraction of sp³-hybridized carbons (Fsp3) is 0.571. The lowest BCUT2D eigenvalue weighted by molar-refractivity contribution is 0.164. The third-order valence-electron chi connectivity index (χ3n) is 1.36. The third-order valence-corrected chi connectivity index (χ3v) is 2.29. The van der Waals surface area contributed by atoms with E-state index in [-0.39, 0.29) is 0 Å². The maximum absolute atomic E-state index is 10.2. The summed E-state index contributed by atoms with van der Waals surface area (Å²) in [6.07, 6.45) is -0.717. The molecule has 73 valence electrons. The summed E-state index contributed by atoms with van der Waals surface area (Å²) < 4.78 is 4.56. The lowest BCUT2D eigenvalue weighted by Gasteiger charge is -2.02. The van der Waals surface area contributed by atoms with Crippen LogP contribution in [0.4, 0.5) is 4.79 Å². The molecule has 0 saturated heterocycles. The smallest absolute Gasteiger partial charge is 0.404 e. The van der Waals surface area contributed by atoms with E-state index < -0.39 is 6.09 Å². The van der Waals surface area contributed by atoms with Crippen LogP contribution in [0.25, 0.3) is 0 Å². The highest BCUT2D eigenvalue weighted by atomic mass is 32.2. The van der Waals surface area contributed by atoms with Crippen molar-refractivity contribution >= 4 is 23.7 Å². The number of nitrogens with two attached hydrogens (primary N) is 1. The summed E-state index contributed by atoms with van der Waals surface area (Å²) in [6, 6.07) is 0. The normalized spacial score (nSPS) is 14.9. The zero-order valence-corrected chi connectivity index (χ0v) is 7.97. The Kier molecular flexibility index (Phi) is 4.45. The lowest BCUT2D eigenvalue weighted by Crippen LogP contribution is -2.21. The van der Waals surface area contributed by atoms with E-state index in [1.54, 1.807) is 11.8 Å². The van der Waals surface area contributed by atoms with Crippen molar-refractivity contribution < 1.29 is 9.53 Å². The molecule has 1 heterocycles. The van der Waals surface area contributed by atoms with E-state index >= 15 is 0 Å². The van der Waals surface area contributed by atoms with E-state index in [0.717, 1.165) is 23.9 Å². The van der Waals surface area contributed by atoms with Crippen molar-refractivity contribution in [2.24, 2.45) is 10.7 Å². The molecule has 1 aliphatic rings. The monoisotopic (exact) mass is 202 g/mol. The van der Waals surface area contributed by atoms with Gasteiger partial charge in [-0.05, 0) is 0 Å². The molecule has 0 saturated carbocycles. The Morgan fingerprint density at radius 2 is 2.69 bits per heavy atom. The van der Waals surface area contributed by atoms with Gasteiger partial charge >= 0.3 is 6.09 Å². The number of hydrogen-bond acceptors (Lipinski definition) is 5. The van der Waals surface area contributed by atoms with Crippen molar-refractivity contribution in [2.75, 3.05) is 24.7 Å². The molecule has 1 rings (SSSR count). The molecule has 0 atom stereocenters. The number of carbonyl (C=O) groups is 1.